The fourth-order valence-corrected chi connectivity index (χ4v) is 5.06. The predicted octanol–water partition coefficient (Wildman–Crippen LogP) is 3.14. The zero-order chi connectivity index (χ0) is 12.0. The average Bonchev–Trinajstić information content (AvgIpc) is 2.31. The first-order valence-electron chi connectivity index (χ1n) is 5.74. The van der Waals surface area contributed by atoms with E-state index in [2.05, 4.69) is 43.9 Å². The number of hydrogen-bond donors (Lipinski definition) is 0. The van der Waals surface area contributed by atoms with Crippen LogP contribution in [0.3, 0.4) is 0 Å². The van der Waals surface area contributed by atoms with E-state index in [0.29, 0.717) is 12.0 Å². The Kier molecular flexibility index (Phi) is 4.68. The molecule has 0 bridgehead atoms. The lowest BCUT2D eigenvalue weighted by molar-refractivity contribution is -0.107. The monoisotopic (exact) mass is 232 g/mol. The van der Waals surface area contributed by atoms with Crippen LogP contribution in [-0.2, 0) is 4.79 Å². The molecule has 1 nitrogen and oxygen atoms in total. The summed E-state index contributed by atoms with van der Waals surface area (Å²) in [6, 6.07) is 10.6. The number of carbonyl (C=O) groups is 1. The highest BCUT2D eigenvalue weighted by molar-refractivity contribution is 6.91. The molecule has 2 heteroatoms. The zero-order valence-corrected chi connectivity index (χ0v) is 11.1. The van der Waals surface area contributed by atoms with Crippen molar-refractivity contribution in [3.05, 3.63) is 43.0 Å². The van der Waals surface area contributed by atoms with Gasteiger partial charge in [0.1, 0.15) is 6.29 Å². The van der Waals surface area contributed by atoms with Crippen molar-refractivity contribution in [3.63, 3.8) is 0 Å². The second-order valence-corrected chi connectivity index (χ2v) is 9.44. The standard InChI is InChI=1S/C14H20OSi/c1-4-13(11-8-12-15)16(2,3)14-9-6-5-7-10-14/h4-7,9-10,12-13H,1,8,11H2,2-3H3. The third kappa shape index (κ3) is 2.92. The van der Waals surface area contributed by atoms with Crippen molar-refractivity contribution in [3.8, 4) is 0 Å². The average molecular weight is 232 g/mol. The lowest BCUT2D eigenvalue weighted by Gasteiger charge is -2.30. The summed E-state index contributed by atoms with van der Waals surface area (Å²) in [5.41, 5.74) is 0.472. The van der Waals surface area contributed by atoms with Crippen molar-refractivity contribution in [1.82, 2.24) is 0 Å². The van der Waals surface area contributed by atoms with E-state index < -0.39 is 8.07 Å². The van der Waals surface area contributed by atoms with Gasteiger partial charge in [-0.1, -0.05) is 54.7 Å². The molecule has 86 valence electrons. The minimum absolute atomic E-state index is 0.472. The Bertz CT molecular complexity index is 343. The van der Waals surface area contributed by atoms with Crippen LogP contribution in [0, 0.1) is 0 Å². The van der Waals surface area contributed by atoms with Gasteiger partial charge in [0.05, 0.1) is 8.07 Å². The first kappa shape index (κ1) is 12.9. The van der Waals surface area contributed by atoms with E-state index in [-0.39, 0.29) is 0 Å². The van der Waals surface area contributed by atoms with Crippen LogP contribution in [0.1, 0.15) is 12.8 Å². The van der Waals surface area contributed by atoms with E-state index in [4.69, 9.17) is 0 Å². The maximum absolute atomic E-state index is 10.5. The molecule has 16 heavy (non-hydrogen) atoms. The minimum Gasteiger partial charge on any atom is -0.303 e. The van der Waals surface area contributed by atoms with Crippen LogP contribution in [0.15, 0.2) is 43.0 Å². The van der Waals surface area contributed by atoms with Gasteiger partial charge < -0.3 is 4.79 Å². The van der Waals surface area contributed by atoms with Crippen molar-refractivity contribution >= 4 is 19.5 Å². The smallest absolute Gasteiger partial charge is 0.120 e. The van der Waals surface area contributed by atoms with Gasteiger partial charge in [-0.3, -0.25) is 0 Å². The molecule has 1 aromatic rings. The lowest BCUT2D eigenvalue weighted by atomic mass is 10.2. The Hall–Kier alpha value is -1.15. The fraction of sp³-hybridized carbons (Fsp3) is 0.357. The topological polar surface area (TPSA) is 17.1 Å². The van der Waals surface area contributed by atoms with Crippen LogP contribution in [0.5, 0.6) is 0 Å². The molecule has 0 aromatic heterocycles. The number of benzene rings is 1. The Balaban J connectivity index is 2.89. The van der Waals surface area contributed by atoms with Crippen molar-refractivity contribution < 1.29 is 4.79 Å². The van der Waals surface area contributed by atoms with Gasteiger partial charge in [-0.2, -0.15) is 0 Å². The van der Waals surface area contributed by atoms with E-state index in [1.54, 1.807) is 0 Å². The molecule has 0 N–H and O–H groups in total. The highest BCUT2D eigenvalue weighted by Crippen LogP contribution is 2.27. The molecule has 0 aliphatic carbocycles. The molecule has 0 aliphatic heterocycles. The molecule has 0 radical (unpaired) electrons. The van der Waals surface area contributed by atoms with Crippen LogP contribution in [-0.4, -0.2) is 14.4 Å². The van der Waals surface area contributed by atoms with Crippen molar-refractivity contribution in [2.45, 2.75) is 31.5 Å². The molecular weight excluding hydrogens is 212 g/mol. The van der Waals surface area contributed by atoms with Crippen LogP contribution in [0.25, 0.3) is 0 Å². The molecule has 0 saturated carbocycles. The number of hydrogen-bond acceptors (Lipinski definition) is 1. The molecule has 1 unspecified atom stereocenters. The third-order valence-electron chi connectivity index (χ3n) is 3.32. The summed E-state index contributed by atoms with van der Waals surface area (Å²) in [6.45, 7) is 8.62. The summed E-state index contributed by atoms with van der Waals surface area (Å²) in [5, 5.41) is 1.44. The first-order valence-corrected chi connectivity index (χ1v) is 8.82. The van der Waals surface area contributed by atoms with E-state index >= 15 is 0 Å². The Morgan fingerprint density at radius 3 is 2.44 bits per heavy atom. The van der Waals surface area contributed by atoms with E-state index in [9.17, 15) is 4.79 Å². The fourth-order valence-electron chi connectivity index (χ4n) is 2.10. The summed E-state index contributed by atoms with van der Waals surface area (Å²) >= 11 is 0. The Morgan fingerprint density at radius 1 is 1.31 bits per heavy atom. The molecule has 1 rings (SSSR count). The van der Waals surface area contributed by atoms with Crippen LogP contribution in [0.4, 0.5) is 0 Å². The maximum Gasteiger partial charge on any atom is 0.120 e. The van der Waals surface area contributed by atoms with Gasteiger partial charge in [-0.25, -0.2) is 0 Å². The number of carbonyl (C=O) groups excluding carboxylic acids is 1. The third-order valence-corrected chi connectivity index (χ3v) is 7.52. The molecule has 0 spiro atoms. The highest BCUT2D eigenvalue weighted by Gasteiger charge is 2.30. The molecule has 0 saturated heterocycles. The van der Waals surface area contributed by atoms with E-state index in [0.717, 1.165) is 12.7 Å². The largest absolute Gasteiger partial charge is 0.303 e. The molecule has 0 fully saturated rings. The van der Waals surface area contributed by atoms with Gasteiger partial charge in [-0.05, 0) is 12.0 Å². The SMILES string of the molecule is C=CC(CCC=O)[Si](C)(C)c1ccccc1. The van der Waals surface area contributed by atoms with Crippen LogP contribution in [0.2, 0.25) is 18.6 Å². The molecule has 1 aromatic carbocycles. The van der Waals surface area contributed by atoms with Gasteiger partial charge in [-0.15, -0.1) is 6.58 Å². The van der Waals surface area contributed by atoms with E-state index in [1.165, 1.54) is 5.19 Å². The van der Waals surface area contributed by atoms with Crippen molar-refractivity contribution in [1.29, 1.82) is 0 Å². The molecule has 1 atom stereocenters. The molecular formula is C14H20OSi. The summed E-state index contributed by atoms with van der Waals surface area (Å²) < 4.78 is 0. The number of aldehydes is 1. The minimum atomic E-state index is -1.52. The second kappa shape index (κ2) is 5.80. The predicted molar refractivity (Wildman–Crippen MR) is 72.8 cm³/mol. The van der Waals surface area contributed by atoms with Crippen molar-refractivity contribution in [2.24, 2.45) is 0 Å². The Morgan fingerprint density at radius 2 is 1.94 bits per heavy atom. The summed E-state index contributed by atoms with van der Waals surface area (Å²) in [6.07, 6.45) is 4.61. The van der Waals surface area contributed by atoms with Crippen molar-refractivity contribution in [2.75, 3.05) is 0 Å². The van der Waals surface area contributed by atoms with Gasteiger partial charge >= 0.3 is 0 Å². The van der Waals surface area contributed by atoms with Crippen LogP contribution < -0.4 is 5.19 Å². The van der Waals surface area contributed by atoms with Gasteiger partial charge in [0.25, 0.3) is 0 Å². The lowest BCUT2D eigenvalue weighted by Crippen LogP contribution is -2.45. The van der Waals surface area contributed by atoms with Crippen LogP contribution >= 0.6 is 0 Å². The summed E-state index contributed by atoms with van der Waals surface area (Å²) in [5.74, 6) is 0. The number of rotatable bonds is 6. The molecule has 0 aliphatic rings. The van der Waals surface area contributed by atoms with E-state index in [1.807, 2.05) is 12.1 Å². The van der Waals surface area contributed by atoms with Gasteiger partial charge in [0, 0.05) is 6.42 Å². The zero-order valence-electron chi connectivity index (χ0n) is 10.1. The number of allylic oxidation sites excluding steroid dienone is 1. The first-order chi connectivity index (χ1) is 7.62. The summed E-state index contributed by atoms with van der Waals surface area (Å²) in [7, 11) is -1.52. The quantitative estimate of drug-likeness (QED) is 0.418. The van der Waals surface area contributed by atoms with Gasteiger partial charge in [0.2, 0.25) is 0 Å². The van der Waals surface area contributed by atoms with Gasteiger partial charge in [0.15, 0.2) is 0 Å². The second-order valence-electron chi connectivity index (χ2n) is 4.67. The normalized spacial score (nSPS) is 13.1. The maximum atomic E-state index is 10.5. The highest BCUT2D eigenvalue weighted by atomic mass is 28.3. The molecule has 0 heterocycles. The molecule has 0 amide bonds. The summed E-state index contributed by atoms with van der Waals surface area (Å²) in [4.78, 5) is 10.5. The Labute approximate surface area is 99.2 Å².